The lowest BCUT2D eigenvalue weighted by molar-refractivity contribution is -0.156. The van der Waals surface area contributed by atoms with Gasteiger partial charge in [-0.15, -0.1) is 5.06 Å². The van der Waals surface area contributed by atoms with E-state index in [0.29, 0.717) is 25.3 Å². The van der Waals surface area contributed by atoms with Crippen LogP contribution in [0.15, 0.2) is 6.07 Å². The number of aromatic nitrogens is 2. The molecule has 0 bridgehead atoms. The number of hydroxylamine groups is 2. The number of ether oxygens (including phenoxy) is 1. The van der Waals surface area contributed by atoms with Crippen LogP contribution in [-0.4, -0.2) is 38.3 Å². The fourth-order valence-corrected chi connectivity index (χ4v) is 1.83. The van der Waals surface area contributed by atoms with E-state index in [1.165, 1.54) is 5.06 Å². The Morgan fingerprint density at radius 3 is 2.84 bits per heavy atom. The molecule has 0 amide bonds. The van der Waals surface area contributed by atoms with E-state index in [1.807, 2.05) is 0 Å². The minimum Gasteiger partial charge on any atom is -0.427 e. The summed E-state index contributed by atoms with van der Waals surface area (Å²) in [6.07, 6.45) is -0.706. The Morgan fingerprint density at radius 2 is 2.21 bits per heavy atom. The third-order valence-electron chi connectivity index (χ3n) is 2.57. The van der Waals surface area contributed by atoms with E-state index in [0.717, 1.165) is 5.69 Å². The fraction of sp³-hybridized carbons (Fsp3) is 0.667. The van der Waals surface area contributed by atoms with Gasteiger partial charge in [-0.25, -0.2) is 4.79 Å². The number of rotatable bonds is 2. The molecule has 0 aliphatic carbocycles. The van der Waals surface area contributed by atoms with Gasteiger partial charge in [0.15, 0.2) is 0 Å². The van der Waals surface area contributed by atoms with Crippen molar-refractivity contribution in [2.45, 2.75) is 46.1 Å². The molecule has 0 aromatic carbocycles. The molecule has 0 fully saturated rings. The van der Waals surface area contributed by atoms with Crippen molar-refractivity contribution in [2.24, 2.45) is 0 Å². The van der Waals surface area contributed by atoms with Crippen LogP contribution >= 0.6 is 0 Å². The average Bonchev–Trinajstić information content (AvgIpc) is 2.68. The van der Waals surface area contributed by atoms with E-state index >= 15 is 0 Å². The standard InChI is InChI=1S/C12H19N3O4/c1-12(2,3)18-11(17)19-14-4-5-15-10(7-14)6-9(8-16)13-15/h6,16H,4-5,7-8H2,1-3H3. The number of hydrogen-bond donors (Lipinski definition) is 1. The predicted octanol–water partition coefficient (Wildman–Crippen LogP) is 1.06. The number of hydrogen-bond acceptors (Lipinski definition) is 6. The summed E-state index contributed by atoms with van der Waals surface area (Å²) in [4.78, 5) is 16.7. The summed E-state index contributed by atoms with van der Waals surface area (Å²) in [6.45, 7) is 6.85. The van der Waals surface area contributed by atoms with Crippen LogP contribution < -0.4 is 0 Å². The molecule has 0 spiro atoms. The van der Waals surface area contributed by atoms with Crippen LogP contribution in [0.25, 0.3) is 0 Å². The smallest absolute Gasteiger partial charge is 0.427 e. The first-order chi connectivity index (χ1) is 8.87. The second kappa shape index (κ2) is 5.18. The van der Waals surface area contributed by atoms with Gasteiger partial charge in [-0.1, -0.05) is 0 Å². The average molecular weight is 269 g/mol. The third-order valence-corrected chi connectivity index (χ3v) is 2.57. The van der Waals surface area contributed by atoms with Crippen molar-refractivity contribution in [3.05, 3.63) is 17.5 Å². The molecule has 1 aliphatic heterocycles. The third kappa shape index (κ3) is 3.68. The van der Waals surface area contributed by atoms with E-state index in [4.69, 9.17) is 14.7 Å². The van der Waals surface area contributed by atoms with Gasteiger partial charge in [-0.05, 0) is 26.8 Å². The quantitative estimate of drug-likeness (QED) is 0.809. The van der Waals surface area contributed by atoms with Crippen molar-refractivity contribution < 1.29 is 19.5 Å². The Kier molecular flexibility index (Phi) is 3.77. The molecule has 2 rings (SSSR count). The van der Waals surface area contributed by atoms with Crippen LogP contribution in [0.1, 0.15) is 32.2 Å². The van der Waals surface area contributed by atoms with Gasteiger partial charge in [0.25, 0.3) is 0 Å². The molecule has 1 aromatic heterocycles. The summed E-state index contributed by atoms with van der Waals surface area (Å²) in [5.41, 5.74) is 0.951. The summed E-state index contributed by atoms with van der Waals surface area (Å²) in [5.74, 6) is 0. The maximum atomic E-state index is 11.6. The lowest BCUT2D eigenvalue weighted by Gasteiger charge is -2.27. The van der Waals surface area contributed by atoms with Crippen molar-refractivity contribution in [1.82, 2.24) is 14.8 Å². The van der Waals surface area contributed by atoms with E-state index in [-0.39, 0.29) is 6.61 Å². The summed E-state index contributed by atoms with van der Waals surface area (Å²) in [6, 6.07) is 1.80. The van der Waals surface area contributed by atoms with E-state index in [2.05, 4.69) is 5.10 Å². The molecule has 0 radical (unpaired) electrons. The highest BCUT2D eigenvalue weighted by molar-refractivity contribution is 5.60. The van der Waals surface area contributed by atoms with Gasteiger partial charge in [-0.2, -0.15) is 5.10 Å². The summed E-state index contributed by atoms with van der Waals surface area (Å²) < 4.78 is 6.90. The normalized spacial score (nSPS) is 16.0. The van der Waals surface area contributed by atoms with Crippen molar-refractivity contribution in [2.75, 3.05) is 6.54 Å². The van der Waals surface area contributed by atoms with Crippen molar-refractivity contribution >= 4 is 6.16 Å². The topological polar surface area (TPSA) is 76.8 Å². The zero-order valence-corrected chi connectivity index (χ0v) is 11.4. The van der Waals surface area contributed by atoms with Crippen LogP contribution in [0.4, 0.5) is 4.79 Å². The molecule has 0 saturated carbocycles. The highest BCUT2D eigenvalue weighted by atomic mass is 16.8. The summed E-state index contributed by atoms with van der Waals surface area (Å²) in [5, 5.41) is 14.8. The number of aliphatic hydroxyl groups excluding tert-OH is 1. The van der Waals surface area contributed by atoms with Crippen LogP contribution in [0.5, 0.6) is 0 Å². The molecule has 2 heterocycles. The maximum absolute atomic E-state index is 11.6. The first kappa shape index (κ1) is 13.8. The molecule has 0 unspecified atom stereocenters. The molecular formula is C12H19N3O4. The minimum atomic E-state index is -0.706. The SMILES string of the molecule is CC(C)(C)OC(=O)ON1CCn2nc(CO)cc2C1. The monoisotopic (exact) mass is 269 g/mol. The van der Waals surface area contributed by atoms with Crippen LogP contribution in [-0.2, 0) is 29.3 Å². The zero-order chi connectivity index (χ0) is 14.0. The Labute approximate surface area is 111 Å². The van der Waals surface area contributed by atoms with E-state index < -0.39 is 11.8 Å². The molecule has 1 aromatic rings. The van der Waals surface area contributed by atoms with Gasteiger partial charge in [0.2, 0.25) is 0 Å². The Bertz CT molecular complexity index is 464. The summed E-state index contributed by atoms with van der Waals surface area (Å²) >= 11 is 0. The van der Waals surface area contributed by atoms with Gasteiger partial charge in [0, 0.05) is 0 Å². The van der Waals surface area contributed by atoms with Gasteiger partial charge in [0.1, 0.15) is 5.60 Å². The van der Waals surface area contributed by atoms with Crippen LogP contribution in [0, 0.1) is 0 Å². The lowest BCUT2D eigenvalue weighted by Crippen LogP contribution is -2.37. The van der Waals surface area contributed by atoms with E-state index in [1.54, 1.807) is 31.5 Å². The number of fused-ring (bicyclic) bond motifs is 1. The number of carbonyl (C=O) groups excluding carboxylic acids is 1. The zero-order valence-electron chi connectivity index (χ0n) is 11.4. The Morgan fingerprint density at radius 1 is 1.47 bits per heavy atom. The van der Waals surface area contributed by atoms with Crippen molar-refractivity contribution in [3.8, 4) is 0 Å². The highest BCUT2D eigenvalue weighted by Gasteiger charge is 2.24. The molecular weight excluding hydrogens is 250 g/mol. The number of nitrogens with zero attached hydrogens (tertiary/aromatic N) is 3. The predicted molar refractivity (Wildman–Crippen MR) is 65.9 cm³/mol. The summed E-state index contributed by atoms with van der Waals surface area (Å²) in [7, 11) is 0. The highest BCUT2D eigenvalue weighted by Crippen LogP contribution is 2.15. The van der Waals surface area contributed by atoms with Crippen molar-refractivity contribution in [1.29, 1.82) is 0 Å². The van der Waals surface area contributed by atoms with Gasteiger partial charge >= 0.3 is 6.16 Å². The molecule has 106 valence electrons. The maximum Gasteiger partial charge on any atom is 0.528 e. The van der Waals surface area contributed by atoms with Gasteiger partial charge in [0.05, 0.1) is 37.6 Å². The fourth-order valence-electron chi connectivity index (χ4n) is 1.83. The first-order valence-electron chi connectivity index (χ1n) is 6.20. The minimum absolute atomic E-state index is 0.0904. The second-order valence-corrected chi connectivity index (χ2v) is 5.43. The van der Waals surface area contributed by atoms with Gasteiger partial charge in [-0.3, -0.25) is 4.68 Å². The molecule has 7 heteroatoms. The molecule has 7 nitrogen and oxygen atoms in total. The lowest BCUT2D eigenvalue weighted by atomic mass is 10.2. The van der Waals surface area contributed by atoms with Gasteiger partial charge < -0.3 is 14.7 Å². The Balaban J connectivity index is 1.93. The molecule has 1 N–H and O–H groups in total. The number of carbonyl (C=O) groups is 1. The van der Waals surface area contributed by atoms with Crippen molar-refractivity contribution in [3.63, 3.8) is 0 Å². The van der Waals surface area contributed by atoms with E-state index in [9.17, 15) is 4.79 Å². The second-order valence-electron chi connectivity index (χ2n) is 5.43. The molecule has 19 heavy (non-hydrogen) atoms. The molecule has 0 saturated heterocycles. The molecule has 1 aliphatic rings. The molecule has 0 atom stereocenters. The Hall–Kier alpha value is -1.60. The van der Waals surface area contributed by atoms with Crippen LogP contribution in [0.2, 0.25) is 0 Å². The van der Waals surface area contributed by atoms with Crippen LogP contribution in [0.3, 0.4) is 0 Å². The first-order valence-corrected chi connectivity index (χ1v) is 6.20. The number of aliphatic hydroxyl groups is 1. The largest absolute Gasteiger partial charge is 0.528 e.